The average Bonchev–Trinajstić information content (AvgIpc) is 3.30. The van der Waals surface area contributed by atoms with Crippen molar-refractivity contribution in [2.24, 2.45) is 0 Å². The number of anilines is 1. The van der Waals surface area contributed by atoms with Crippen LogP contribution in [0, 0.1) is 5.82 Å². The summed E-state index contributed by atoms with van der Waals surface area (Å²) in [5.74, 6) is -2.14. The molecule has 2 aromatic rings. The van der Waals surface area contributed by atoms with Crippen molar-refractivity contribution in [3.8, 4) is 0 Å². The highest BCUT2D eigenvalue weighted by molar-refractivity contribution is 8.29. The highest BCUT2D eigenvalue weighted by atomic mass is 32.2. The lowest BCUT2D eigenvalue weighted by atomic mass is 9.83. The van der Waals surface area contributed by atoms with Crippen LogP contribution in [0.3, 0.4) is 0 Å². The molecule has 10 heteroatoms. The summed E-state index contributed by atoms with van der Waals surface area (Å²) in [5, 5.41) is 0. The van der Waals surface area contributed by atoms with Crippen molar-refractivity contribution < 1.29 is 28.2 Å². The van der Waals surface area contributed by atoms with Gasteiger partial charge < -0.3 is 9.47 Å². The van der Waals surface area contributed by atoms with Gasteiger partial charge in [0.2, 0.25) is 0 Å². The van der Waals surface area contributed by atoms with Crippen LogP contribution in [-0.4, -0.2) is 41.5 Å². The second kappa shape index (κ2) is 10.8. The first-order chi connectivity index (χ1) is 17.6. The molecule has 0 atom stereocenters. The summed E-state index contributed by atoms with van der Waals surface area (Å²) < 4.78 is 24.9. The second-order valence-electron chi connectivity index (χ2n) is 8.52. The summed E-state index contributed by atoms with van der Waals surface area (Å²) in [6.07, 6.45) is 0. The van der Waals surface area contributed by atoms with Crippen molar-refractivity contribution in [1.82, 2.24) is 0 Å². The van der Waals surface area contributed by atoms with Crippen LogP contribution in [0.5, 0.6) is 0 Å². The zero-order valence-corrected chi connectivity index (χ0v) is 23.1. The summed E-state index contributed by atoms with van der Waals surface area (Å²) in [6, 6.07) is 12.8. The molecule has 1 amide bonds. The Morgan fingerprint density at radius 1 is 0.946 bits per heavy atom. The number of esters is 2. The van der Waals surface area contributed by atoms with Crippen LogP contribution in [0.15, 0.2) is 62.6 Å². The van der Waals surface area contributed by atoms with E-state index in [1.165, 1.54) is 18.2 Å². The first-order valence-electron chi connectivity index (χ1n) is 11.5. The van der Waals surface area contributed by atoms with Gasteiger partial charge in [0.05, 0.1) is 33.5 Å². The highest BCUT2D eigenvalue weighted by Crippen LogP contribution is 2.56. The molecular weight excluding hydrogens is 533 g/mol. The van der Waals surface area contributed by atoms with E-state index in [1.54, 1.807) is 36.9 Å². The van der Waals surface area contributed by atoms with E-state index in [1.807, 2.05) is 26.0 Å². The van der Waals surface area contributed by atoms with E-state index in [0.717, 1.165) is 23.5 Å². The molecule has 6 nitrogen and oxygen atoms in total. The number of thiocarbonyl (C=S) groups is 1. The maximum absolute atomic E-state index is 14.0. The van der Waals surface area contributed by atoms with Gasteiger partial charge in [0.15, 0.2) is 0 Å². The van der Waals surface area contributed by atoms with Crippen molar-refractivity contribution in [1.29, 1.82) is 0 Å². The van der Waals surface area contributed by atoms with Crippen molar-refractivity contribution >= 4 is 69.7 Å². The van der Waals surface area contributed by atoms with Crippen molar-refractivity contribution in [3.63, 3.8) is 0 Å². The van der Waals surface area contributed by atoms with Gasteiger partial charge in [-0.2, -0.15) is 0 Å². The lowest BCUT2D eigenvalue weighted by Crippen LogP contribution is -2.56. The highest BCUT2D eigenvalue weighted by Gasteiger charge is 2.46. The Balaban J connectivity index is 1.86. The molecule has 0 radical (unpaired) electrons. The van der Waals surface area contributed by atoms with Crippen molar-refractivity contribution in [2.45, 2.75) is 33.2 Å². The molecule has 0 aliphatic carbocycles. The number of thioether (sulfide) groups is 2. The topological polar surface area (TPSA) is 72.9 Å². The average molecular weight is 558 g/mol. The molecule has 0 aromatic heterocycles. The fourth-order valence-corrected chi connectivity index (χ4v) is 7.08. The van der Waals surface area contributed by atoms with E-state index in [-0.39, 0.29) is 28.6 Å². The number of hydrogen-bond acceptors (Lipinski definition) is 8. The molecule has 0 unspecified atom stereocenters. The van der Waals surface area contributed by atoms with E-state index >= 15 is 0 Å². The molecule has 0 bridgehead atoms. The third-order valence-electron chi connectivity index (χ3n) is 5.75. The number of benzene rings is 2. The summed E-state index contributed by atoms with van der Waals surface area (Å²) in [7, 11) is 0. The van der Waals surface area contributed by atoms with E-state index in [9.17, 15) is 18.8 Å². The second-order valence-corrected chi connectivity index (χ2v) is 11.2. The number of halogens is 1. The zero-order chi connectivity index (χ0) is 26.9. The number of nitrogens with zero attached hydrogens (tertiary/aromatic N) is 1. The first-order valence-corrected chi connectivity index (χ1v) is 13.6. The van der Waals surface area contributed by atoms with E-state index < -0.39 is 29.2 Å². The molecule has 0 fully saturated rings. The SMILES string of the molecule is CCOC(=O)C1=C(C(=O)OCC)SC(=C2C(=S)C(C)(C)N(C(=O)c3cccc(F)c3)c3ccccc32)S1. The fourth-order valence-electron chi connectivity index (χ4n) is 4.09. The maximum Gasteiger partial charge on any atom is 0.346 e. The predicted molar refractivity (Wildman–Crippen MR) is 149 cm³/mol. The Morgan fingerprint density at radius 3 is 2.11 bits per heavy atom. The number of ether oxygens (including phenoxy) is 2. The monoisotopic (exact) mass is 557 g/mol. The Labute approximate surface area is 228 Å². The molecule has 0 saturated carbocycles. The predicted octanol–water partition coefficient (Wildman–Crippen LogP) is 6.12. The molecule has 0 spiro atoms. The van der Waals surface area contributed by atoms with Gasteiger partial charge >= 0.3 is 11.9 Å². The lowest BCUT2D eigenvalue weighted by Gasteiger charge is -2.45. The summed E-state index contributed by atoms with van der Waals surface area (Å²) in [4.78, 5) is 41.4. The third kappa shape index (κ3) is 4.97. The van der Waals surface area contributed by atoms with Crippen LogP contribution in [-0.2, 0) is 19.1 Å². The molecule has 192 valence electrons. The van der Waals surface area contributed by atoms with E-state index in [4.69, 9.17) is 21.7 Å². The van der Waals surface area contributed by atoms with Crippen LogP contribution in [0.1, 0.15) is 43.6 Å². The van der Waals surface area contributed by atoms with Crippen molar-refractivity contribution in [2.75, 3.05) is 18.1 Å². The van der Waals surface area contributed by atoms with Gasteiger partial charge in [0.1, 0.15) is 15.6 Å². The van der Waals surface area contributed by atoms with Gasteiger partial charge in [-0.25, -0.2) is 14.0 Å². The molecule has 2 aromatic carbocycles. The van der Waals surface area contributed by atoms with Gasteiger partial charge in [-0.15, -0.1) is 0 Å². The minimum atomic E-state index is -0.993. The Kier molecular flexibility index (Phi) is 7.91. The number of amides is 1. The number of hydrogen-bond donors (Lipinski definition) is 0. The molecule has 37 heavy (non-hydrogen) atoms. The number of carbonyl (C=O) groups is 3. The minimum Gasteiger partial charge on any atom is -0.462 e. The molecule has 0 N–H and O–H groups in total. The zero-order valence-electron chi connectivity index (χ0n) is 20.6. The molecule has 4 rings (SSSR count). The largest absolute Gasteiger partial charge is 0.462 e. The molecule has 2 aliphatic heterocycles. The summed E-state index contributed by atoms with van der Waals surface area (Å²) in [5.41, 5.74) is 1.10. The molecule has 2 heterocycles. The summed E-state index contributed by atoms with van der Waals surface area (Å²) in [6.45, 7) is 7.32. The third-order valence-corrected chi connectivity index (χ3v) is 9.01. The molecular formula is C27H24FNO5S3. The number of fused-ring (bicyclic) bond motifs is 1. The Hall–Kier alpha value is -2.95. The number of rotatable bonds is 5. The van der Waals surface area contributed by atoms with Crippen LogP contribution < -0.4 is 4.90 Å². The van der Waals surface area contributed by atoms with Crippen LogP contribution in [0.2, 0.25) is 0 Å². The molecule has 2 aliphatic rings. The Bertz CT molecular complexity index is 1350. The van der Waals surface area contributed by atoms with Gasteiger partial charge in [-0.3, -0.25) is 9.69 Å². The minimum absolute atomic E-state index is 0.143. The van der Waals surface area contributed by atoms with Crippen LogP contribution >= 0.6 is 35.7 Å². The van der Waals surface area contributed by atoms with Crippen LogP contribution in [0.4, 0.5) is 10.1 Å². The van der Waals surface area contributed by atoms with E-state index in [2.05, 4.69) is 0 Å². The quantitative estimate of drug-likeness (QED) is 0.247. The van der Waals surface area contributed by atoms with E-state index in [0.29, 0.717) is 25.9 Å². The van der Waals surface area contributed by atoms with Crippen molar-refractivity contribution in [3.05, 3.63) is 79.5 Å². The van der Waals surface area contributed by atoms with Gasteiger partial charge in [0, 0.05) is 16.7 Å². The Morgan fingerprint density at radius 2 is 1.54 bits per heavy atom. The first kappa shape index (κ1) is 27.1. The smallest absolute Gasteiger partial charge is 0.346 e. The van der Waals surface area contributed by atoms with Gasteiger partial charge in [0.25, 0.3) is 5.91 Å². The van der Waals surface area contributed by atoms with Crippen LogP contribution in [0.25, 0.3) is 5.57 Å². The number of carbonyl (C=O) groups excluding carboxylic acids is 3. The van der Waals surface area contributed by atoms with Gasteiger partial charge in [-0.1, -0.05) is 60.0 Å². The maximum atomic E-state index is 14.0. The normalized spacial score (nSPS) is 16.6. The molecule has 0 saturated heterocycles. The fraction of sp³-hybridized carbons (Fsp3) is 0.259. The summed E-state index contributed by atoms with van der Waals surface area (Å²) >= 11 is 8.18. The lowest BCUT2D eigenvalue weighted by molar-refractivity contribution is -0.140. The number of para-hydroxylation sites is 1. The van der Waals surface area contributed by atoms with Gasteiger partial charge in [-0.05, 0) is 52.0 Å². The standard InChI is InChI=1S/C27H24FNO5S3/c1-5-33-24(31)20-21(25(32)34-6-2)37-26(36-20)19-17-12-7-8-13-18(17)29(27(3,4)22(19)35)23(30)15-10-9-11-16(28)14-15/h7-14H,5-6H2,1-4H3.